The third-order valence-corrected chi connectivity index (χ3v) is 4.53. The van der Waals surface area contributed by atoms with E-state index in [4.69, 9.17) is 11.6 Å². The van der Waals surface area contributed by atoms with Crippen molar-refractivity contribution < 1.29 is 13.5 Å². The molecule has 1 atom stereocenters. The van der Waals surface area contributed by atoms with Gasteiger partial charge in [0, 0.05) is 17.1 Å². The predicted octanol–water partition coefficient (Wildman–Crippen LogP) is 2.00. The summed E-state index contributed by atoms with van der Waals surface area (Å²) in [4.78, 5) is 0. The van der Waals surface area contributed by atoms with Crippen LogP contribution in [-0.2, 0) is 15.6 Å². The van der Waals surface area contributed by atoms with Gasteiger partial charge < -0.3 is 10.4 Å². The molecule has 0 saturated carbocycles. The minimum Gasteiger partial charge on any atom is -0.391 e. The highest BCUT2D eigenvalue weighted by Gasteiger charge is 2.19. The van der Waals surface area contributed by atoms with Crippen molar-refractivity contribution in [3.63, 3.8) is 0 Å². The summed E-state index contributed by atoms with van der Waals surface area (Å²) >= 11 is 5.75. The van der Waals surface area contributed by atoms with E-state index in [9.17, 15) is 13.5 Å². The molecular formula is C14H22ClNO3S. The number of halogens is 1. The molecule has 0 bridgehead atoms. The van der Waals surface area contributed by atoms with E-state index in [0.717, 1.165) is 0 Å². The standard InChI is InChI=1S/C14H22ClNO3S/c1-14(2,3)16-8-13(17)10-20(18,19)9-11-4-6-12(15)7-5-11/h4-7,13,16-17H,8-10H2,1-3H3. The third kappa shape index (κ3) is 7.24. The van der Waals surface area contributed by atoms with Crippen LogP contribution in [0, 0.1) is 0 Å². The normalized spacial score (nSPS) is 14.2. The first-order valence-electron chi connectivity index (χ1n) is 6.45. The Bertz CT molecular complexity index is 520. The Morgan fingerprint density at radius 3 is 2.30 bits per heavy atom. The van der Waals surface area contributed by atoms with Crippen molar-refractivity contribution in [2.45, 2.75) is 38.2 Å². The molecule has 0 aliphatic carbocycles. The fourth-order valence-electron chi connectivity index (χ4n) is 1.67. The molecule has 0 radical (unpaired) electrons. The zero-order chi connectivity index (χ0) is 15.4. The molecule has 4 nitrogen and oxygen atoms in total. The minimum atomic E-state index is -3.35. The second-order valence-corrected chi connectivity index (χ2v) is 8.51. The van der Waals surface area contributed by atoms with Crippen molar-refractivity contribution >= 4 is 21.4 Å². The first-order chi connectivity index (χ1) is 9.07. The van der Waals surface area contributed by atoms with E-state index >= 15 is 0 Å². The quantitative estimate of drug-likeness (QED) is 0.841. The molecule has 0 aliphatic rings. The topological polar surface area (TPSA) is 66.4 Å². The van der Waals surface area contributed by atoms with Crippen LogP contribution in [0.3, 0.4) is 0 Å². The maximum Gasteiger partial charge on any atom is 0.157 e. The Labute approximate surface area is 126 Å². The fourth-order valence-corrected chi connectivity index (χ4v) is 3.32. The van der Waals surface area contributed by atoms with Gasteiger partial charge in [-0.1, -0.05) is 23.7 Å². The summed E-state index contributed by atoms with van der Waals surface area (Å²) in [6, 6.07) is 6.67. The van der Waals surface area contributed by atoms with Gasteiger partial charge >= 0.3 is 0 Å². The minimum absolute atomic E-state index is 0.0866. The molecule has 2 N–H and O–H groups in total. The van der Waals surface area contributed by atoms with Crippen LogP contribution in [0.4, 0.5) is 0 Å². The largest absolute Gasteiger partial charge is 0.391 e. The summed E-state index contributed by atoms with van der Waals surface area (Å²) in [6.07, 6.45) is -0.911. The zero-order valence-corrected chi connectivity index (χ0v) is 13.6. The van der Waals surface area contributed by atoms with Crippen molar-refractivity contribution in [3.05, 3.63) is 34.9 Å². The number of hydrogen-bond acceptors (Lipinski definition) is 4. The number of hydrogen-bond donors (Lipinski definition) is 2. The molecule has 0 saturated heterocycles. The fraction of sp³-hybridized carbons (Fsp3) is 0.571. The van der Waals surface area contributed by atoms with E-state index in [-0.39, 0.29) is 23.6 Å². The van der Waals surface area contributed by atoms with Gasteiger partial charge in [-0.2, -0.15) is 0 Å². The lowest BCUT2D eigenvalue weighted by atomic mass is 10.1. The van der Waals surface area contributed by atoms with Crippen LogP contribution in [0.15, 0.2) is 24.3 Å². The average Bonchev–Trinajstić information content (AvgIpc) is 2.28. The zero-order valence-electron chi connectivity index (χ0n) is 12.1. The molecule has 0 amide bonds. The highest BCUT2D eigenvalue weighted by Crippen LogP contribution is 2.13. The highest BCUT2D eigenvalue weighted by atomic mass is 35.5. The number of nitrogens with one attached hydrogen (secondary N) is 1. The molecule has 20 heavy (non-hydrogen) atoms. The molecule has 0 fully saturated rings. The van der Waals surface area contributed by atoms with Gasteiger partial charge in [-0.15, -0.1) is 0 Å². The lowest BCUT2D eigenvalue weighted by molar-refractivity contribution is 0.181. The summed E-state index contributed by atoms with van der Waals surface area (Å²) < 4.78 is 24.0. The van der Waals surface area contributed by atoms with Crippen LogP contribution in [0.2, 0.25) is 5.02 Å². The number of aliphatic hydroxyl groups excluding tert-OH is 1. The average molecular weight is 320 g/mol. The summed E-state index contributed by atoms with van der Waals surface area (Å²) in [6.45, 7) is 6.13. The third-order valence-electron chi connectivity index (χ3n) is 2.61. The number of β-amino-alcohol motifs (C(OH)–C–C–N with tert-alkyl or cyclic N) is 1. The van der Waals surface area contributed by atoms with E-state index < -0.39 is 15.9 Å². The van der Waals surface area contributed by atoms with Gasteiger partial charge in [0.1, 0.15) is 0 Å². The van der Waals surface area contributed by atoms with Gasteiger partial charge in [0.2, 0.25) is 0 Å². The van der Waals surface area contributed by atoms with Crippen LogP contribution in [-0.4, -0.2) is 37.5 Å². The summed E-state index contributed by atoms with van der Waals surface area (Å²) in [7, 11) is -3.35. The Kier molecular flexibility index (Phi) is 6.01. The lowest BCUT2D eigenvalue weighted by Crippen LogP contribution is -2.42. The molecule has 1 aromatic carbocycles. The van der Waals surface area contributed by atoms with Crippen LogP contribution >= 0.6 is 11.6 Å². The SMILES string of the molecule is CC(C)(C)NCC(O)CS(=O)(=O)Cc1ccc(Cl)cc1. The molecule has 1 aromatic rings. The van der Waals surface area contributed by atoms with Crippen LogP contribution in [0.5, 0.6) is 0 Å². The predicted molar refractivity (Wildman–Crippen MR) is 82.7 cm³/mol. The second kappa shape index (κ2) is 6.89. The molecule has 0 aromatic heterocycles. The number of benzene rings is 1. The lowest BCUT2D eigenvalue weighted by Gasteiger charge is -2.22. The van der Waals surface area contributed by atoms with Crippen molar-refractivity contribution in [1.82, 2.24) is 5.32 Å². The Balaban J connectivity index is 2.55. The molecule has 1 unspecified atom stereocenters. The van der Waals surface area contributed by atoms with Crippen LogP contribution in [0.25, 0.3) is 0 Å². The van der Waals surface area contributed by atoms with Crippen molar-refractivity contribution in [2.75, 3.05) is 12.3 Å². The number of sulfone groups is 1. The number of rotatable bonds is 6. The van der Waals surface area contributed by atoms with E-state index in [1.165, 1.54) is 0 Å². The molecule has 0 spiro atoms. The van der Waals surface area contributed by atoms with Crippen LogP contribution in [0.1, 0.15) is 26.3 Å². The van der Waals surface area contributed by atoms with Gasteiger partial charge in [-0.05, 0) is 38.5 Å². The van der Waals surface area contributed by atoms with Gasteiger partial charge in [-0.25, -0.2) is 8.42 Å². The molecule has 0 heterocycles. The van der Waals surface area contributed by atoms with Crippen LogP contribution < -0.4 is 5.32 Å². The monoisotopic (exact) mass is 319 g/mol. The van der Waals surface area contributed by atoms with Gasteiger partial charge in [0.05, 0.1) is 17.6 Å². The van der Waals surface area contributed by atoms with E-state index in [1.54, 1.807) is 24.3 Å². The maximum atomic E-state index is 12.0. The summed E-state index contributed by atoms with van der Waals surface area (Å²) in [5.74, 6) is -0.338. The van der Waals surface area contributed by atoms with Crippen molar-refractivity contribution in [3.8, 4) is 0 Å². The first-order valence-corrected chi connectivity index (χ1v) is 8.65. The molecule has 0 aliphatic heterocycles. The Morgan fingerprint density at radius 1 is 1.25 bits per heavy atom. The first kappa shape index (κ1) is 17.4. The molecule has 1 rings (SSSR count). The molecule has 114 valence electrons. The summed E-state index contributed by atoms with van der Waals surface area (Å²) in [5.41, 5.74) is 0.520. The van der Waals surface area contributed by atoms with E-state index in [1.807, 2.05) is 20.8 Å². The number of aliphatic hydroxyl groups is 1. The Morgan fingerprint density at radius 2 is 1.80 bits per heavy atom. The highest BCUT2D eigenvalue weighted by molar-refractivity contribution is 7.90. The molecule has 6 heteroatoms. The van der Waals surface area contributed by atoms with Crippen molar-refractivity contribution in [2.24, 2.45) is 0 Å². The smallest absolute Gasteiger partial charge is 0.157 e. The van der Waals surface area contributed by atoms with E-state index in [0.29, 0.717) is 10.6 Å². The second-order valence-electron chi connectivity index (χ2n) is 5.97. The van der Waals surface area contributed by atoms with Gasteiger partial charge in [-0.3, -0.25) is 0 Å². The van der Waals surface area contributed by atoms with Gasteiger partial charge in [0.15, 0.2) is 9.84 Å². The van der Waals surface area contributed by atoms with Gasteiger partial charge in [0.25, 0.3) is 0 Å². The van der Waals surface area contributed by atoms with E-state index in [2.05, 4.69) is 5.32 Å². The summed E-state index contributed by atoms with van der Waals surface area (Å²) in [5, 5.41) is 13.5. The molecular weight excluding hydrogens is 298 g/mol. The van der Waals surface area contributed by atoms with Crippen molar-refractivity contribution in [1.29, 1.82) is 0 Å². The Hall–Kier alpha value is -0.620. The maximum absolute atomic E-state index is 12.0.